The third kappa shape index (κ3) is 5.22. The van der Waals surface area contributed by atoms with Gasteiger partial charge in [-0.25, -0.2) is 0 Å². The predicted octanol–water partition coefficient (Wildman–Crippen LogP) is 1.16. The van der Waals surface area contributed by atoms with Crippen molar-refractivity contribution in [3.63, 3.8) is 0 Å². The van der Waals surface area contributed by atoms with Gasteiger partial charge in [-0.1, -0.05) is 31.2 Å². The number of nitrogens with one attached hydrogen (secondary N) is 2. The highest BCUT2D eigenvalue weighted by atomic mass is 15.3. The van der Waals surface area contributed by atoms with Gasteiger partial charge < -0.3 is 15.5 Å². The molecule has 0 aliphatic carbocycles. The van der Waals surface area contributed by atoms with Crippen LogP contribution >= 0.6 is 0 Å². The van der Waals surface area contributed by atoms with Crippen molar-refractivity contribution in [3.8, 4) is 0 Å². The van der Waals surface area contributed by atoms with E-state index >= 15 is 0 Å². The molecule has 0 amide bonds. The number of aryl methyl sites for hydroxylation is 1. The predicted molar refractivity (Wildman–Crippen MR) is 97.9 cm³/mol. The first kappa shape index (κ1) is 17.8. The van der Waals surface area contributed by atoms with Gasteiger partial charge in [0, 0.05) is 45.8 Å². The Labute approximate surface area is 140 Å². The molecule has 5 heteroatoms. The number of rotatable bonds is 5. The van der Waals surface area contributed by atoms with Gasteiger partial charge in [0.1, 0.15) is 0 Å². The summed E-state index contributed by atoms with van der Waals surface area (Å²) in [5.74, 6) is 0.873. The van der Waals surface area contributed by atoms with Gasteiger partial charge in [-0.3, -0.25) is 9.89 Å². The highest BCUT2D eigenvalue weighted by Gasteiger charge is 2.21. The number of aliphatic imine (C=N–C) groups is 1. The first-order valence-electron chi connectivity index (χ1n) is 8.54. The molecule has 1 aromatic carbocycles. The van der Waals surface area contributed by atoms with Crippen molar-refractivity contribution in [2.24, 2.45) is 4.99 Å². The fourth-order valence-electron chi connectivity index (χ4n) is 3.01. The Morgan fingerprint density at radius 1 is 1.17 bits per heavy atom. The van der Waals surface area contributed by atoms with E-state index in [4.69, 9.17) is 0 Å². The maximum Gasteiger partial charge on any atom is 0.191 e. The van der Waals surface area contributed by atoms with Crippen molar-refractivity contribution in [1.29, 1.82) is 0 Å². The maximum atomic E-state index is 4.35. The van der Waals surface area contributed by atoms with Crippen molar-refractivity contribution < 1.29 is 0 Å². The van der Waals surface area contributed by atoms with Crippen LogP contribution in [0.1, 0.15) is 18.1 Å². The van der Waals surface area contributed by atoms with Gasteiger partial charge in [-0.2, -0.15) is 0 Å². The fourth-order valence-corrected chi connectivity index (χ4v) is 3.01. The minimum atomic E-state index is 0.523. The van der Waals surface area contributed by atoms with Gasteiger partial charge in [-0.05, 0) is 31.6 Å². The minimum absolute atomic E-state index is 0.523. The summed E-state index contributed by atoms with van der Waals surface area (Å²) in [7, 11) is 6.22. The topological polar surface area (TPSA) is 42.9 Å². The number of guanidine groups is 1. The Balaban J connectivity index is 1.84. The first-order chi connectivity index (χ1) is 11.1. The lowest BCUT2D eigenvalue weighted by molar-refractivity contribution is 0.116. The Morgan fingerprint density at radius 2 is 1.91 bits per heavy atom. The van der Waals surface area contributed by atoms with E-state index in [2.05, 4.69) is 70.7 Å². The zero-order valence-corrected chi connectivity index (χ0v) is 15.0. The van der Waals surface area contributed by atoms with Crippen LogP contribution in [0.25, 0.3) is 0 Å². The lowest BCUT2D eigenvalue weighted by Crippen LogP contribution is -2.55. The lowest BCUT2D eigenvalue weighted by Gasteiger charge is -2.37. The average molecular weight is 317 g/mol. The molecule has 0 bridgehead atoms. The number of likely N-dealkylation sites (N-methyl/N-ethyl adjacent to an activating group) is 2. The average Bonchev–Trinajstić information content (AvgIpc) is 2.58. The number of benzene rings is 1. The standard InChI is InChI=1S/C18H31N5/c1-5-15-8-6-7-9-16(15)12-20-18(19-2)21-13-17-14-22(3)10-11-23(17)4/h6-9,17H,5,10-14H2,1-4H3,(H2,19,20,21). The Morgan fingerprint density at radius 3 is 2.61 bits per heavy atom. The van der Waals surface area contributed by atoms with Crippen LogP contribution in [0.15, 0.2) is 29.3 Å². The summed E-state index contributed by atoms with van der Waals surface area (Å²) in [4.78, 5) is 9.16. The molecular formula is C18H31N5. The smallest absolute Gasteiger partial charge is 0.191 e. The number of piperazine rings is 1. The summed E-state index contributed by atoms with van der Waals surface area (Å²) in [5.41, 5.74) is 2.73. The molecule has 0 saturated carbocycles. The number of nitrogens with zero attached hydrogens (tertiary/aromatic N) is 3. The van der Waals surface area contributed by atoms with E-state index in [1.807, 2.05) is 7.05 Å². The molecule has 0 spiro atoms. The first-order valence-corrected chi connectivity index (χ1v) is 8.54. The van der Waals surface area contributed by atoms with Crippen LogP contribution in [0.3, 0.4) is 0 Å². The molecule has 1 aliphatic heterocycles. The highest BCUT2D eigenvalue weighted by Crippen LogP contribution is 2.09. The largest absolute Gasteiger partial charge is 0.355 e. The summed E-state index contributed by atoms with van der Waals surface area (Å²) < 4.78 is 0. The monoisotopic (exact) mass is 317 g/mol. The number of hydrogen-bond acceptors (Lipinski definition) is 3. The van der Waals surface area contributed by atoms with E-state index in [-0.39, 0.29) is 0 Å². The van der Waals surface area contributed by atoms with Crippen LogP contribution in [-0.2, 0) is 13.0 Å². The van der Waals surface area contributed by atoms with Crippen LogP contribution in [0.4, 0.5) is 0 Å². The molecule has 0 radical (unpaired) electrons. The van der Waals surface area contributed by atoms with Crippen molar-refractivity contribution in [2.45, 2.75) is 25.9 Å². The molecule has 2 rings (SSSR count). The van der Waals surface area contributed by atoms with E-state index in [1.54, 1.807) is 0 Å². The van der Waals surface area contributed by atoms with E-state index in [0.29, 0.717) is 6.04 Å². The molecule has 1 aliphatic rings. The van der Waals surface area contributed by atoms with Gasteiger partial charge in [0.25, 0.3) is 0 Å². The minimum Gasteiger partial charge on any atom is -0.355 e. The van der Waals surface area contributed by atoms with E-state index in [9.17, 15) is 0 Å². The molecule has 128 valence electrons. The molecule has 23 heavy (non-hydrogen) atoms. The Kier molecular flexibility index (Phi) is 6.86. The molecule has 5 nitrogen and oxygen atoms in total. The molecular weight excluding hydrogens is 286 g/mol. The Bertz CT molecular complexity index is 514. The molecule has 1 saturated heterocycles. The fraction of sp³-hybridized carbons (Fsp3) is 0.611. The van der Waals surface area contributed by atoms with Gasteiger partial charge in [0.2, 0.25) is 0 Å². The molecule has 0 aromatic heterocycles. The summed E-state index contributed by atoms with van der Waals surface area (Å²) in [5, 5.41) is 6.90. The van der Waals surface area contributed by atoms with Gasteiger partial charge >= 0.3 is 0 Å². The third-order valence-electron chi connectivity index (χ3n) is 4.65. The summed E-state index contributed by atoms with van der Waals surface area (Å²) in [6.45, 7) is 7.28. The van der Waals surface area contributed by atoms with Gasteiger partial charge in [-0.15, -0.1) is 0 Å². The lowest BCUT2D eigenvalue weighted by atomic mass is 10.1. The highest BCUT2D eigenvalue weighted by molar-refractivity contribution is 5.79. The SMILES string of the molecule is CCc1ccccc1CNC(=NC)NCC1CN(C)CCN1C. The second kappa shape index (κ2) is 8.89. The zero-order chi connectivity index (χ0) is 16.7. The third-order valence-corrected chi connectivity index (χ3v) is 4.65. The summed E-state index contributed by atoms with van der Waals surface area (Å²) in [6.07, 6.45) is 1.06. The molecule has 2 N–H and O–H groups in total. The normalized spacial score (nSPS) is 20.5. The molecule has 1 atom stereocenters. The molecule has 1 unspecified atom stereocenters. The van der Waals surface area contributed by atoms with Crippen LogP contribution < -0.4 is 10.6 Å². The maximum absolute atomic E-state index is 4.35. The second-order valence-corrected chi connectivity index (χ2v) is 6.33. The Hall–Kier alpha value is -1.59. The van der Waals surface area contributed by atoms with Gasteiger partial charge in [0.05, 0.1) is 0 Å². The van der Waals surface area contributed by atoms with Gasteiger partial charge in [0.15, 0.2) is 5.96 Å². The molecule has 1 fully saturated rings. The molecule has 1 aromatic rings. The van der Waals surface area contributed by atoms with Crippen LogP contribution in [-0.4, -0.2) is 69.1 Å². The summed E-state index contributed by atoms with van der Waals surface area (Å²) in [6, 6.07) is 9.10. The second-order valence-electron chi connectivity index (χ2n) is 6.33. The zero-order valence-electron chi connectivity index (χ0n) is 15.0. The molecule has 1 heterocycles. The quantitative estimate of drug-likeness (QED) is 0.632. The summed E-state index contributed by atoms with van der Waals surface area (Å²) >= 11 is 0. The number of hydrogen-bond donors (Lipinski definition) is 2. The van der Waals surface area contributed by atoms with Crippen LogP contribution in [0.2, 0.25) is 0 Å². The van der Waals surface area contributed by atoms with E-state index < -0.39 is 0 Å². The van der Waals surface area contributed by atoms with E-state index in [1.165, 1.54) is 11.1 Å². The van der Waals surface area contributed by atoms with Crippen molar-refractivity contribution in [1.82, 2.24) is 20.4 Å². The van der Waals surface area contributed by atoms with Crippen molar-refractivity contribution in [2.75, 3.05) is 47.3 Å². The van der Waals surface area contributed by atoms with Crippen LogP contribution in [0.5, 0.6) is 0 Å². The van der Waals surface area contributed by atoms with E-state index in [0.717, 1.165) is 45.1 Å². The van der Waals surface area contributed by atoms with Crippen molar-refractivity contribution in [3.05, 3.63) is 35.4 Å². The van der Waals surface area contributed by atoms with Crippen molar-refractivity contribution >= 4 is 5.96 Å². The van der Waals surface area contributed by atoms with Crippen LogP contribution in [0, 0.1) is 0 Å².